The Bertz CT molecular complexity index is 143. The molecule has 0 aliphatic rings. The molecule has 0 heterocycles. The molecule has 9 heavy (non-hydrogen) atoms. The number of rotatable bonds is 1. The van der Waals surface area contributed by atoms with Gasteiger partial charge in [0.15, 0.2) is 0 Å². The van der Waals surface area contributed by atoms with E-state index in [2.05, 4.69) is 9.92 Å². The Labute approximate surface area is 58.8 Å². The normalized spacial score (nSPS) is 7.78. The van der Waals surface area contributed by atoms with E-state index in [0.29, 0.717) is 6.61 Å². The van der Waals surface area contributed by atoms with E-state index in [4.69, 9.17) is 0 Å². The molecule has 2 nitrogen and oxygen atoms in total. The zero-order valence-electron chi connectivity index (χ0n) is 5.64. The Morgan fingerprint density at radius 1 is 1.67 bits per heavy atom. The predicted molar refractivity (Wildman–Crippen MR) is 38.7 cm³/mol. The van der Waals surface area contributed by atoms with Gasteiger partial charge in [-0.2, -0.15) is 0 Å². The number of carbonyl (C=O) groups is 1. The zero-order valence-corrected chi connectivity index (χ0v) is 6.46. The van der Waals surface area contributed by atoms with Gasteiger partial charge in [-0.3, -0.25) is 0 Å². The minimum atomic E-state index is -0.357. The van der Waals surface area contributed by atoms with Crippen LogP contribution in [0.5, 0.6) is 0 Å². The Morgan fingerprint density at radius 2 is 2.33 bits per heavy atom. The van der Waals surface area contributed by atoms with Crippen LogP contribution in [-0.4, -0.2) is 18.3 Å². The first-order chi connectivity index (χ1) is 4.31. The molecule has 0 aliphatic heterocycles. The molecule has 0 aliphatic carbocycles. The summed E-state index contributed by atoms with van der Waals surface area (Å²) < 4.78 is 4.57. The molecular weight excluding hydrogens is 136 g/mol. The van der Waals surface area contributed by atoms with Crippen LogP contribution < -0.4 is 0 Å². The quantitative estimate of drug-likeness (QED) is 0.521. The monoisotopic (exact) mass is 146 g/mol. The molecule has 0 aromatic carbocycles. The van der Waals surface area contributed by atoms with Gasteiger partial charge in [0, 0.05) is 10.9 Å². The smallest absolute Gasteiger partial charge is 0.386 e. The summed E-state index contributed by atoms with van der Waals surface area (Å²) in [6.07, 6.45) is 0. The van der Waals surface area contributed by atoms with Crippen molar-refractivity contribution in [2.24, 2.45) is 0 Å². The lowest BCUT2D eigenvalue weighted by Crippen LogP contribution is -1.98. The molecule has 0 spiro atoms. The molecule has 0 aromatic heterocycles. The van der Waals surface area contributed by atoms with Gasteiger partial charge in [0.1, 0.15) is 0 Å². The second-order valence-corrected chi connectivity index (χ2v) is 2.33. The van der Waals surface area contributed by atoms with Crippen LogP contribution >= 0.6 is 11.2 Å². The summed E-state index contributed by atoms with van der Waals surface area (Å²) >= 11 is 1.33. The summed E-state index contributed by atoms with van der Waals surface area (Å²) in [6.45, 7) is 4.16. The minimum absolute atomic E-state index is 0.357. The second kappa shape index (κ2) is 5.60. The van der Waals surface area contributed by atoms with Crippen molar-refractivity contribution in [2.45, 2.75) is 13.8 Å². The summed E-state index contributed by atoms with van der Waals surface area (Å²) in [7, 11) is 0. The summed E-state index contributed by atoms with van der Waals surface area (Å²) in [5.74, 6) is 0.503. The molecule has 0 saturated carbocycles. The van der Waals surface area contributed by atoms with Crippen LogP contribution in [-0.2, 0) is 9.53 Å². The molecule has 0 aromatic rings. The van der Waals surface area contributed by atoms with Gasteiger partial charge in [0.05, 0.1) is 6.61 Å². The first kappa shape index (κ1) is 8.47. The van der Waals surface area contributed by atoms with Crippen molar-refractivity contribution in [1.82, 2.24) is 0 Å². The van der Waals surface area contributed by atoms with Crippen molar-refractivity contribution in [3.05, 3.63) is 0 Å². The third-order valence-electron chi connectivity index (χ3n) is 0.575. The third kappa shape index (κ3) is 5.34. The second-order valence-electron chi connectivity index (χ2n) is 1.26. The summed E-state index contributed by atoms with van der Waals surface area (Å²) in [4.78, 5) is 10.4. The fraction of sp³-hybridized carbons (Fsp3) is 0.667. The molecule has 0 radical (unpaired) electrons. The van der Waals surface area contributed by atoms with Crippen molar-refractivity contribution < 1.29 is 9.53 Å². The van der Waals surface area contributed by atoms with Gasteiger partial charge < -0.3 is 4.74 Å². The van der Waals surface area contributed by atoms with E-state index in [9.17, 15) is 4.79 Å². The standard InChI is InChI=1S/C6H10O2S/c1-3-8-6(7)5-9-4-2/h3-4H2,1-2H3. The molecule has 0 saturated heterocycles. The van der Waals surface area contributed by atoms with E-state index in [1.54, 1.807) is 6.92 Å². The number of carbonyl (C=O) groups excluding carboxylic acids is 1. The molecule has 0 atom stereocenters. The maximum Gasteiger partial charge on any atom is 0.386 e. The number of ether oxygens (including phenoxy) is 1. The van der Waals surface area contributed by atoms with Crippen molar-refractivity contribution in [2.75, 3.05) is 12.4 Å². The van der Waals surface area contributed by atoms with Crippen molar-refractivity contribution in [1.29, 1.82) is 0 Å². The van der Waals surface area contributed by atoms with Crippen LogP contribution in [0.15, 0.2) is 0 Å². The van der Waals surface area contributed by atoms with E-state index in [1.165, 1.54) is 11.2 Å². The molecule has 0 amide bonds. The lowest BCUT2D eigenvalue weighted by atomic mass is 10.8. The topological polar surface area (TPSA) is 26.3 Å². The lowest BCUT2D eigenvalue weighted by molar-refractivity contribution is -0.136. The number of hydrogen-bond acceptors (Lipinski definition) is 2. The van der Waals surface area contributed by atoms with Crippen molar-refractivity contribution in [3.63, 3.8) is 0 Å². The lowest BCUT2D eigenvalue weighted by Gasteiger charge is -1.89. The zero-order chi connectivity index (χ0) is 7.11. The fourth-order valence-electron chi connectivity index (χ4n) is 0.292. The van der Waals surface area contributed by atoms with E-state index in [-0.39, 0.29) is 5.97 Å². The summed E-state index contributed by atoms with van der Waals surface area (Å²) in [6, 6.07) is 0. The van der Waals surface area contributed by atoms with Gasteiger partial charge in [-0.15, -0.1) is 11.2 Å². The van der Waals surface area contributed by atoms with E-state index in [1.807, 2.05) is 6.92 Å². The molecule has 0 N–H and O–H groups in total. The highest BCUT2D eigenvalue weighted by Crippen LogP contribution is 1.81. The highest BCUT2D eigenvalue weighted by atomic mass is 32.1. The van der Waals surface area contributed by atoms with Crippen molar-refractivity contribution in [3.8, 4) is 5.18 Å². The van der Waals surface area contributed by atoms with E-state index in [0.717, 1.165) is 5.75 Å². The average molecular weight is 146 g/mol. The van der Waals surface area contributed by atoms with Crippen LogP contribution in [0.4, 0.5) is 0 Å². The first-order valence-electron chi connectivity index (χ1n) is 2.85. The maximum atomic E-state index is 10.4. The van der Waals surface area contributed by atoms with Crippen molar-refractivity contribution >= 4 is 17.1 Å². The molecule has 0 unspecified atom stereocenters. The Balaban J connectivity index is 3.49. The van der Waals surface area contributed by atoms with Gasteiger partial charge >= 0.3 is 5.97 Å². The SMILES string of the molecule is CCOC(=O)C#SCC. The summed E-state index contributed by atoms with van der Waals surface area (Å²) in [5, 5.41) is 2.49. The number of esters is 1. The number of hydrogen-bond donors (Lipinski definition) is 0. The molecule has 0 bridgehead atoms. The predicted octanol–water partition coefficient (Wildman–Crippen LogP) is 1.26. The van der Waals surface area contributed by atoms with Crippen LogP contribution in [0, 0.1) is 5.18 Å². The summed E-state index contributed by atoms with van der Waals surface area (Å²) in [5.41, 5.74) is 0. The fourth-order valence-corrected chi connectivity index (χ4v) is 0.613. The van der Waals surface area contributed by atoms with Gasteiger partial charge in [-0.1, -0.05) is 6.92 Å². The highest BCUT2D eigenvalue weighted by molar-refractivity contribution is 7.89. The van der Waals surface area contributed by atoms with Crippen LogP contribution in [0.1, 0.15) is 13.8 Å². The van der Waals surface area contributed by atoms with E-state index >= 15 is 0 Å². The molecule has 0 rings (SSSR count). The molecule has 0 fully saturated rings. The largest absolute Gasteiger partial charge is 0.456 e. The van der Waals surface area contributed by atoms with Gasteiger partial charge in [0.25, 0.3) is 0 Å². The Morgan fingerprint density at radius 3 is 2.78 bits per heavy atom. The minimum Gasteiger partial charge on any atom is -0.456 e. The first-order valence-corrected chi connectivity index (χ1v) is 3.84. The third-order valence-corrected chi connectivity index (χ3v) is 1.17. The molecule has 52 valence electrons. The maximum absolute atomic E-state index is 10.4. The van der Waals surface area contributed by atoms with Gasteiger partial charge in [-0.05, 0) is 6.92 Å². The molecular formula is C6H10O2S. The molecule has 3 heteroatoms. The average Bonchev–Trinajstić information content (AvgIpc) is 1.85. The van der Waals surface area contributed by atoms with Gasteiger partial charge in [-0.25, -0.2) is 4.79 Å². The van der Waals surface area contributed by atoms with Gasteiger partial charge in [0.2, 0.25) is 0 Å². The van der Waals surface area contributed by atoms with Crippen LogP contribution in [0.2, 0.25) is 0 Å². The van der Waals surface area contributed by atoms with E-state index < -0.39 is 0 Å². The Kier molecular flexibility index (Phi) is 5.27. The Hall–Kier alpha value is -0.530. The highest BCUT2D eigenvalue weighted by Gasteiger charge is 1.89. The van der Waals surface area contributed by atoms with Crippen LogP contribution in [0.3, 0.4) is 0 Å². The van der Waals surface area contributed by atoms with Crippen LogP contribution in [0.25, 0.3) is 0 Å².